The highest BCUT2D eigenvalue weighted by Crippen LogP contribution is 2.32. The largest absolute Gasteiger partial charge is 0.463 e. The molecule has 0 atom stereocenters. The number of carbonyl (C=O) groups is 1. The summed E-state index contributed by atoms with van der Waals surface area (Å²) in [6, 6.07) is 14.9. The molecule has 0 fully saturated rings. The molecule has 0 unspecified atom stereocenters. The molecule has 0 aliphatic carbocycles. The number of fused-ring (bicyclic) bond motifs is 1. The quantitative estimate of drug-likeness (QED) is 0.619. The van der Waals surface area contributed by atoms with Crippen molar-refractivity contribution in [2.75, 3.05) is 5.32 Å². The van der Waals surface area contributed by atoms with Crippen LogP contribution in [0.15, 0.2) is 71.6 Å². The van der Waals surface area contributed by atoms with Crippen LogP contribution in [0.25, 0.3) is 22.1 Å². The summed E-state index contributed by atoms with van der Waals surface area (Å²) in [6.45, 7) is 0. The van der Waals surface area contributed by atoms with Crippen molar-refractivity contribution in [2.45, 2.75) is 0 Å². The van der Waals surface area contributed by atoms with Gasteiger partial charge in [-0.2, -0.15) is 5.10 Å². The minimum absolute atomic E-state index is 0.195. The maximum atomic E-state index is 12.6. The van der Waals surface area contributed by atoms with Crippen molar-refractivity contribution >= 4 is 22.6 Å². The Morgan fingerprint density at radius 2 is 1.96 bits per heavy atom. The van der Waals surface area contributed by atoms with E-state index in [1.54, 1.807) is 23.2 Å². The molecule has 4 aromatic rings. The minimum atomic E-state index is -0.195. The van der Waals surface area contributed by atoms with Crippen molar-refractivity contribution in [1.82, 2.24) is 9.78 Å². The van der Waals surface area contributed by atoms with E-state index >= 15 is 0 Å². The number of benzene rings is 2. The number of hydrogen-bond acceptors (Lipinski definition) is 3. The van der Waals surface area contributed by atoms with Crippen LogP contribution in [0.4, 0.5) is 5.69 Å². The second-order valence-electron chi connectivity index (χ2n) is 5.55. The van der Waals surface area contributed by atoms with E-state index < -0.39 is 0 Å². The Bertz CT molecular complexity index is 1020. The van der Waals surface area contributed by atoms with E-state index in [9.17, 15) is 4.79 Å². The second kappa shape index (κ2) is 5.70. The normalized spacial score (nSPS) is 10.9. The third-order valence-electron chi connectivity index (χ3n) is 3.89. The van der Waals surface area contributed by atoms with Gasteiger partial charge in [-0.3, -0.25) is 9.48 Å². The van der Waals surface area contributed by atoms with E-state index in [0.717, 1.165) is 22.2 Å². The molecule has 118 valence electrons. The number of nitrogens with zero attached hydrogens (tertiary/aromatic N) is 2. The highest BCUT2D eigenvalue weighted by atomic mass is 16.3. The van der Waals surface area contributed by atoms with Crippen LogP contribution in [0.2, 0.25) is 0 Å². The predicted molar refractivity (Wildman–Crippen MR) is 92.8 cm³/mol. The van der Waals surface area contributed by atoms with Crippen LogP contribution in [0.3, 0.4) is 0 Å². The number of para-hydroxylation sites is 2. The van der Waals surface area contributed by atoms with Crippen LogP contribution in [0.5, 0.6) is 0 Å². The van der Waals surface area contributed by atoms with E-state index in [2.05, 4.69) is 10.4 Å². The van der Waals surface area contributed by atoms with Crippen LogP contribution in [0, 0.1) is 0 Å². The summed E-state index contributed by atoms with van der Waals surface area (Å²) in [4.78, 5) is 12.6. The van der Waals surface area contributed by atoms with E-state index in [0.29, 0.717) is 11.1 Å². The molecule has 2 aromatic carbocycles. The first kappa shape index (κ1) is 14.3. The van der Waals surface area contributed by atoms with Gasteiger partial charge in [0.05, 0.1) is 18.0 Å². The Labute approximate surface area is 138 Å². The number of anilines is 1. The fourth-order valence-electron chi connectivity index (χ4n) is 2.74. The average Bonchev–Trinajstić information content (AvgIpc) is 3.21. The van der Waals surface area contributed by atoms with E-state index in [1.165, 1.54) is 0 Å². The summed E-state index contributed by atoms with van der Waals surface area (Å²) in [5.74, 6) is -0.195. The Morgan fingerprint density at radius 3 is 2.71 bits per heavy atom. The highest BCUT2D eigenvalue weighted by Gasteiger charge is 2.17. The lowest BCUT2D eigenvalue weighted by Crippen LogP contribution is -2.11. The molecule has 2 heterocycles. The van der Waals surface area contributed by atoms with Gasteiger partial charge in [0.25, 0.3) is 5.91 Å². The third-order valence-corrected chi connectivity index (χ3v) is 3.89. The van der Waals surface area contributed by atoms with Crippen molar-refractivity contribution in [3.8, 4) is 11.1 Å². The van der Waals surface area contributed by atoms with Crippen molar-refractivity contribution in [1.29, 1.82) is 0 Å². The van der Waals surface area contributed by atoms with Gasteiger partial charge < -0.3 is 9.73 Å². The van der Waals surface area contributed by atoms with Crippen LogP contribution < -0.4 is 5.32 Å². The van der Waals surface area contributed by atoms with Gasteiger partial charge in [0.2, 0.25) is 0 Å². The van der Waals surface area contributed by atoms with Gasteiger partial charge >= 0.3 is 0 Å². The van der Waals surface area contributed by atoms with Gasteiger partial charge in [-0.05, 0) is 18.2 Å². The summed E-state index contributed by atoms with van der Waals surface area (Å²) in [5, 5.41) is 7.97. The molecular formula is C19H15N3O2. The molecule has 0 aliphatic heterocycles. The molecule has 0 aliphatic rings. The monoisotopic (exact) mass is 317 g/mol. The second-order valence-corrected chi connectivity index (χ2v) is 5.55. The van der Waals surface area contributed by atoms with Gasteiger partial charge in [-0.15, -0.1) is 0 Å². The zero-order chi connectivity index (χ0) is 16.5. The first-order chi connectivity index (χ1) is 11.7. The lowest BCUT2D eigenvalue weighted by Gasteiger charge is -2.05. The van der Waals surface area contributed by atoms with Crippen molar-refractivity contribution < 1.29 is 9.21 Å². The predicted octanol–water partition coefficient (Wildman–Crippen LogP) is 4.09. The smallest absolute Gasteiger partial charge is 0.259 e. The fourth-order valence-corrected chi connectivity index (χ4v) is 2.74. The van der Waals surface area contributed by atoms with Gasteiger partial charge in [-0.1, -0.05) is 30.3 Å². The molecule has 0 saturated heterocycles. The summed E-state index contributed by atoms with van der Waals surface area (Å²) >= 11 is 0. The number of aromatic nitrogens is 2. The number of aryl methyl sites for hydroxylation is 1. The average molecular weight is 317 g/mol. The highest BCUT2D eigenvalue weighted by molar-refractivity contribution is 6.13. The molecular weight excluding hydrogens is 302 g/mol. The van der Waals surface area contributed by atoms with Gasteiger partial charge in [-0.25, -0.2) is 0 Å². The van der Waals surface area contributed by atoms with Crippen LogP contribution in [0.1, 0.15) is 10.4 Å². The topological polar surface area (TPSA) is 60.1 Å². The minimum Gasteiger partial charge on any atom is -0.463 e. The molecule has 0 radical (unpaired) electrons. The first-order valence-corrected chi connectivity index (χ1v) is 7.58. The number of carbonyl (C=O) groups excluding carboxylic acids is 1. The van der Waals surface area contributed by atoms with E-state index in [-0.39, 0.29) is 5.91 Å². The standard InChI is InChI=1S/C19H15N3O2/c1-22-11-13(10-20-22)17-12-24-18-15(17)8-5-9-16(18)19(23)21-14-6-3-2-4-7-14/h2-12H,1H3,(H,21,23). The number of amides is 1. The number of hydrogen-bond donors (Lipinski definition) is 1. The molecule has 4 rings (SSSR count). The molecule has 0 bridgehead atoms. The lowest BCUT2D eigenvalue weighted by molar-refractivity contribution is 0.102. The Balaban J connectivity index is 1.74. The molecule has 5 heteroatoms. The Hall–Kier alpha value is -3.34. The van der Waals surface area contributed by atoms with Gasteiger partial charge in [0.15, 0.2) is 0 Å². The zero-order valence-corrected chi connectivity index (χ0v) is 13.1. The summed E-state index contributed by atoms with van der Waals surface area (Å²) < 4.78 is 7.44. The Morgan fingerprint density at radius 1 is 1.12 bits per heavy atom. The fraction of sp³-hybridized carbons (Fsp3) is 0.0526. The Kier molecular flexibility index (Phi) is 3.39. The number of furan rings is 1. The van der Waals surface area contributed by atoms with Crippen molar-refractivity contribution in [3.05, 3.63) is 72.8 Å². The summed E-state index contributed by atoms with van der Waals surface area (Å²) in [7, 11) is 1.87. The van der Waals surface area contributed by atoms with Crippen LogP contribution in [-0.2, 0) is 7.05 Å². The van der Waals surface area contributed by atoms with Crippen molar-refractivity contribution in [3.63, 3.8) is 0 Å². The molecule has 0 saturated carbocycles. The van der Waals surface area contributed by atoms with E-state index in [1.807, 2.05) is 55.7 Å². The number of rotatable bonds is 3. The molecule has 0 spiro atoms. The van der Waals surface area contributed by atoms with Gasteiger partial charge in [0, 0.05) is 35.4 Å². The zero-order valence-electron chi connectivity index (χ0n) is 13.1. The van der Waals surface area contributed by atoms with Crippen LogP contribution >= 0.6 is 0 Å². The van der Waals surface area contributed by atoms with Gasteiger partial charge in [0.1, 0.15) is 5.58 Å². The maximum Gasteiger partial charge on any atom is 0.259 e. The van der Waals surface area contributed by atoms with Crippen molar-refractivity contribution in [2.24, 2.45) is 7.05 Å². The van der Waals surface area contributed by atoms with E-state index in [4.69, 9.17) is 4.42 Å². The van der Waals surface area contributed by atoms with Crippen LogP contribution in [-0.4, -0.2) is 15.7 Å². The summed E-state index contributed by atoms with van der Waals surface area (Å²) in [5.41, 5.74) is 3.71. The number of nitrogens with one attached hydrogen (secondary N) is 1. The molecule has 1 N–H and O–H groups in total. The lowest BCUT2D eigenvalue weighted by atomic mass is 10.1. The summed E-state index contributed by atoms with van der Waals surface area (Å²) in [6.07, 6.45) is 5.36. The molecule has 2 aromatic heterocycles. The molecule has 5 nitrogen and oxygen atoms in total. The third kappa shape index (κ3) is 2.46. The maximum absolute atomic E-state index is 12.6. The SMILES string of the molecule is Cn1cc(-c2coc3c(C(=O)Nc4ccccc4)cccc23)cn1. The first-order valence-electron chi connectivity index (χ1n) is 7.58. The molecule has 24 heavy (non-hydrogen) atoms. The molecule has 1 amide bonds.